The third kappa shape index (κ3) is 2.41. The third-order valence-electron chi connectivity index (χ3n) is 2.79. The molecule has 0 saturated heterocycles. The monoisotopic (exact) mass is 365 g/mol. The van der Waals surface area contributed by atoms with Crippen LogP contribution >= 0.6 is 22.6 Å². The molecule has 5 heteroatoms. The Labute approximate surface area is 117 Å². The van der Waals surface area contributed by atoms with E-state index in [9.17, 15) is 13.2 Å². The van der Waals surface area contributed by atoms with Crippen molar-refractivity contribution in [1.29, 1.82) is 0 Å². The first-order valence-corrected chi connectivity index (χ1v) is 6.40. The number of hydrogen-bond donors (Lipinski definition) is 0. The van der Waals surface area contributed by atoms with Gasteiger partial charge in [0.2, 0.25) is 0 Å². The summed E-state index contributed by atoms with van der Waals surface area (Å²) in [5.74, 6) is 0. The van der Waals surface area contributed by atoms with E-state index in [4.69, 9.17) is 0 Å². The SMILES string of the molecule is Cc1ccc(C)n1-c1ccc(C(F)(F)F)cc1I. The standard InChI is InChI=1S/C13H11F3IN/c1-8-3-4-9(2)18(8)12-6-5-10(7-11(12)17)13(14,15)16/h3-7H,1-2H3. The van der Waals surface area contributed by atoms with Gasteiger partial charge in [0.1, 0.15) is 0 Å². The maximum absolute atomic E-state index is 12.6. The Morgan fingerprint density at radius 3 is 2.00 bits per heavy atom. The van der Waals surface area contributed by atoms with Gasteiger partial charge in [0, 0.05) is 15.0 Å². The summed E-state index contributed by atoms with van der Waals surface area (Å²) < 4.78 is 40.3. The van der Waals surface area contributed by atoms with Crippen LogP contribution in [0.15, 0.2) is 30.3 Å². The van der Waals surface area contributed by atoms with E-state index in [0.717, 1.165) is 23.1 Å². The number of hydrogen-bond acceptors (Lipinski definition) is 0. The lowest BCUT2D eigenvalue weighted by atomic mass is 10.2. The summed E-state index contributed by atoms with van der Waals surface area (Å²) in [6.07, 6.45) is -4.29. The van der Waals surface area contributed by atoms with Crippen LogP contribution in [0.25, 0.3) is 5.69 Å². The third-order valence-corrected chi connectivity index (χ3v) is 3.65. The Morgan fingerprint density at radius 1 is 1.00 bits per heavy atom. The molecule has 1 heterocycles. The average molecular weight is 365 g/mol. The minimum atomic E-state index is -4.29. The smallest absolute Gasteiger partial charge is 0.317 e. The maximum Gasteiger partial charge on any atom is 0.416 e. The molecule has 0 unspecified atom stereocenters. The second-order valence-electron chi connectivity index (χ2n) is 4.12. The lowest BCUT2D eigenvalue weighted by Gasteiger charge is -2.14. The Hall–Kier alpha value is -0.980. The summed E-state index contributed by atoms with van der Waals surface area (Å²) in [5.41, 5.74) is 2.18. The minimum Gasteiger partial charge on any atom is -0.317 e. The summed E-state index contributed by atoms with van der Waals surface area (Å²) in [7, 11) is 0. The predicted molar refractivity (Wildman–Crippen MR) is 73.0 cm³/mol. The fourth-order valence-electron chi connectivity index (χ4n) is 1.91. The minimum absolute atomic E-state index is 0.588. The molecule has 0 aliphatic rings. The molecule has 0 N–H and O–H groups in total. The van der Waals surface area contributed by atoms with Crippen molar-refractivity contribution in [3.63, 3.8) is 0 Å². The molecular formula is C13H11F3IN. The number of rotatable bonds is 1. The molecule has 2 aromatic rings. The van der Waals surface area contributed by atoms with Crippen LogP contribution in [0.1, 0.15) is 17.0 Å². The summed E-state index contributed by atoms with van der Waals surface area (Å²) in [6, 6.07) is 7.71. The molecule has 1 nitrogen and oxygen atoms in total. The van der Waals surface area contributed by atoms with Crippen molar-refractivity contribution >= 4 is 22.6 Å². The van der Waals surface area contributed by atoms with Crippen LogP contribution in [0.3, 0.4) is 0 Å². The van der Waals surface area contributed by atoms with Gasteiger partial charge in [0.05, 0.1) is 11.3 Å². The van der Waals surface area contributed by atoms with Gasteiger partial charge < -0.3 is 4.57 Å². The number of nitrogens with zero attached hydrogens (tertiary/aromatic N) is 1. The molecule has 0 amide bonds. The molecule has 1 aromatic carbocycles. The number of halogens is 4. The van der Waals surface area contributed by atoms with Gasteiger partial charge in [0.15, 0.2) is 0 Å². The van der Waals surface area contributed by atoms with Crippen LogP contribution in [-0.4, -0.2) is 4.57 Å². The Kier molecular flexibility index (Phi) is 3.44. The lowest BCUT2D eigenvalue weighted by Crippen LogP contribution is -2.07. The maximum atomic E-state index is 12.6. The quantitative estimate of drug-likeness (QED) is 0.645. The molecule has 0 spiro atoms. The summed E-state index contributed by atoms with van der Waals surface area (Å²) in [5, 5.41) is 0. The second-order valence-corrected chi connectivity index (χ2v) is 5.28. The molecule has 2 rings (SSSR count). The normalized spacial score (nSPS) is 11.9. The van der Waals surface area contributed by atoms with E-state index in [0.29, 0.717) is 3.57 Å². The van der Waals surface area contributed by atoms with Crippen molar-refractivity contribution < 1.29 is 13.2 Å². The van der Waals surface area contributed by atoms with Gasteiger partial charge in [-0.3, -0.25) is 0 Å². The van der Waals surface area contributed by atoms with Gasteiger partial charge in [-0.15, -0.1) is 0 Å². The zero-order valence-electron chi connectivity index (χ0n) is 9.85. The predicted octanol–water partition coefficient (Wildman–Crippen LogP) is 4.72. The number of alkyl halides is 3. The molecule has 0 bridgehead atoms. The van der Waals surface area contributed by atoms with Crippen molar-refractivity contribution in [1.82, 2.24) is 4.57 Å². The fourth-order valence-corrected chi connectivity index (χ4v) is 2.67. The van der Waals surface area contributed by atoms with Gasteiger partial charge in [-0.2, -0.15) is 13.2 Å². The van der Waals surface area contributed by atoms with Gasteiger partial charge in [0.25, 0.3) is 0 Å². The molecular weight excluding hydrogens is 354 g/mol. The molecule has 0 atom stereocenters. The topological polar surface area (TPSA) is 4.93 Å². The molecule has 0 radical (unpaired) electrons. The van der Waals surface area contributed by atoms with Crippen molar-refractivity contribution in [2.45, 2.75) is 20.0 Å². The van der Waals surface area contributed by atoms with Crippen LogP contribution < -0.4 is 0 Å². The van der Waals surface area contributed by atoms with Gasteiger partial charge in [-0.05, 0) is 66.8 Å². The molecule has 0 aliphatic heterocycles. The van der Waals surface area contributed by atoms with Crippen LogP contribution in [0.4, 0.5) is 13.2 Å². The molecule has 18 heavy (non-hydrogen) atoms. The largest absolute Gasteiger partial charge is 0.416 e. The van der Waals surface area contributed by atoms with Gasteiger partial charge >= 0.3 is 6.18 Å². The molecule has 0 aliphatic carbocycles. The summed E-state index contributed by atoms with van der Waals surface area (Å²) >= 11 is 1.94. The highest BCUT2D eigenvalue weighted by molar-refractivity contribution is 14.1. The Balaban J connectivity index is 2.55. The van der Waals surface area contributed by atoms with E-state index < -0.39 is 11.7 Å². The second kappa shape index (κ2) is 4.60. The zero-order chi connectivity index (χ0) is 13.5. The van der Waals surface area contributed by atoms with Gasteiger partial charge in [-0.1, -0.05) is 0 Å². The van der Waals surface area contributed by atoms with Crippen LogP contribution in [0.5, 0.6) is 0 Å². The first kappa shape index (κ1) is 13.5. The van der Waals surface area contributed by atoms with Crippen molar-refractivity contribution in [3.05, 3.63) is 50.9 Å². The van der Waals surface area contributed by atoms with Crippen molar-refractivity contribution in [2.75, 3.05) is 0 Å². The van der Waals surface area contributed by atoms with Crippen LogP contribution in [-0.2, 0) is 6.18 Å². The molecule has 1 aromatic heterocycles. The number of aryl methyl sites for hydroxylation is 2. The first-order valence-electron chi connectivity index (χ1n) is 5.33. The molecule has 0 saturated carbocycles. The van der Waals surface area contributed by atoms with E-state index >= 15 is 0 Å². The summed E-state index contributed by atoms with van der Waals surface area (Å²) in [4.78, 5) is 0. The Bertz CT molecular complexity index is 565. The molecule has 96 valence electrons. The fraction of sp³-hybridized carbons (Fsp3) is 0.231. The summed E-state index contributed by atoms with van der Waals surface area (Å²) in [6.45, 7) is 3.86. The van der Waals surface area contributed by atoms with Gasteiger partial charge in [-0.25, -0.2) is 0 Å². The van der Waals surface area contributed by atoms with E-state index in [1.807, 2.05) is 53.1 Å². The Morgan fingerprint density at radius 2 is 1.56 bits per heavy atom. The lowest BCUT2D eigenvalue weighted by molar-refractivity contribution is -0.137. The van der Waals surface area contributed by atoms with Crippen molar-refractivity contribution in [3.8, 4) is 5.69 Å². The van der Waals surface area contributed by atoms with E-state index in [1.54, 1.807) is 0 Å². The molecule has 0 fully saturated rings. The van der Waals surface area contributed by atoms with E-state index in [-0.39, 0.29) is 0 Å². The number of benzene rings is 1. The highest BCUT2D eigenvalue weighted by atomic mass is 127. The number of aromatic nitrogens is 1. The van der Waals surface area contributed by atoms with Crippen LogP contribution in [0.2, 0.25) is 0 Å². The average Bonchev–Trinajstić information content (AvgIpc) is 2.58. The highest BCUT2D eigenvalue weighted by Gasteiger charge is 2.30. The van der Waals surface area contributed by atoms with E-state index in [1.165, 1.54) is 12.1 Å². The van der Waals surface area contributed by atoms with E-state index in [2.05, 4.69) is 0 Å². The zero-order valence-corrected chi connectivity index (χ0v) is 12.0. The highest BCUT2D eigenvalue weighted by Crippen LogP contribution is 2.32. The van der Waals surface area contributed by atoms with Crippen molar-refractivity contribution in [2.24, 2.45) is 0 Å². The first-order chi connectivity index (χ1) is 8.30. The van der Waals surface area contributed by atoms with Crippen LogP contribution in [0, 0.1) is 17.4 Å².